The van der Waals surface area contributed by atoms with Crippen LogP contribution in [0.25, 0.3) is 6.08 Å². The fourth-order valence-electron chi connectivity index (χ4n) is 1.79. The van der Waals surface area contributed by atoms with E-state index in [0.29, 0.717) is 17.5 Å². The van der Waals surface area contributed by atoms with Gasteiger partial charge in [0.15, 0.2) is 0 Å². The Bertz CT molecular complexity index is 450. The van der Waals surface area contributed by atoms with Crippen LogP contribution in [0.4, 0.5) is 4.39 Å². The largest absolute Gasteiger partial charge is 0.310 e. The molecule has 1 N–H and O–H groups in total. The standard InChI is InChI=1S/C15H19BrFN/c1-10(2)12(9-18-14-5-6-14)7-11-3-4-13(16)8-15(11)17/h3-4,7-8,10,14,18H,5-6,9H2,1-2H3. The number of hydrogen-bond donors (Lipinski definition) is 1. The summed E-state index contributed by atoms with van der Waals surface area (Å²) in [6.07, 6.45) is 4.53. The Morgan fingerprint density at radius 1 is 1.50 bits per heavy atom. The van der Waals surface area contributed by atoms with Gasteiger partial charge in [0.05, 0.1) is 0 Å². The highest BCUT2D eigenvalue weighted by Gasteiger charge is 2.20. The molecule has 0 aromatic heterocycles. The van der Waals surface area contributed by atoms with E-state index >= 15 is 0 Å². The van der Waals surface area contributed by atoms with Gasteiger partial charge in [-0.05, 0) is 30.9 Å². The van der Waals surface area contributed by atoms with Crippen molar-refractivity contribution in [2.75, 3.05) is 6.54 Å². The second kappa shape index (κ2) is 5.98. The zero-order valence-electron chi connectivity index (χ0n) is 10.8. The van der Waals surface area contributed by atoms with Crippen molar-refractivity contribution in [2.24, 2.45) is 5.92 Å². The Morgan fingerprint density at radius 3 is 2.78 bits per heavy atom. The van der Waals surface area contributed by atoms with Crippen LogP contribution in [0, 0.1) is 11.7 Å². The van der Waals surface area contributed by atoms with E-state index in [0.717, 1.165) is 11.0 Å². The molecule has 1 aromatic carbocycles. The molecule has 2 rings (SSSR count). The van der Waals surface area contributed by atoms with Gasteiger partial charge in [-0.3, -0.25) is 0 Å². The molecule has 0 aliphatic heterocycles. The molecule has 98 valence electrons. The van der Waals surface area contributed by atoms with Gasteiger partial charge in [-0.25, -0.2) is 4.39 Å². The molecule has 1 aliphatic rings. The van der Waals surface area contributed by atoms with Gasteiger partial charge in [0.1, 0.15) is 5.82 Å². The fourth-order valence-corrected chi connectivity index (χ4v) is 2.12. The van der Waals surface area contributed by atoms with Crippen LogP contribution in [-0.2, 0) is 0 Å². The third-order valence-corrected chi connectivity index (χ3v) is 3.71. The SMILES string of the molecule is CC(C)C(=Cc1ccc(Br)cc1F)CNC1CC1. The number of nitrogens with one attached hydrogen (secondary N) is 1. The molecule has 0 atom stereocenters. The van der Waals surface area contributed by atoms with Gasteiger partial charge in [0.25, 0.3) is 0 Å². The Morgan fingerprint density at radius 2 is 2.22 bits per heavy atom. The zero-order valence-corrected chi connectivity index (χ0v) is 12.4. The number of benzene rings is 1. The third-order valence-electron chi connectivity index (χ3n) is 3.22. The molecule has 1 aromatic rings. The minimum atomic E-state index is -0.172. The molecule has 1 saturated carbocycles. The van der Waals surface area contributed by atoms with Crippen molar-refractivity contribution in [1.29, 1.82) is 0 Å². The van der Waals surface area contributed by atoms with E-state index in [2.05, 4.69) is 35.1 Å². The third kappa shape index (κ3) is 3.92. The van der Waals surface area contributed by atoms with Crippen molar-refractivity contribution in [1.82, 2.24) is 5.32 Å². The minimum Gasteiger partial charge on any atom is -0.310 e. The van der Waals surface area contributed by atoms with Gasteiger partial charge in [-0.2, -0.15) is 0 Å². The summed E-state index contributed by atoms with van der Waals surface area (Å²) in [6, 6.07) is 5.89. The summed E-state index contributed by atoms with van der Waals surface area (Å²) < 4.78 is 14.6. The van der Waals surface area contributed by atoms with Crippen LogP contribution in [0.3, 0.4) is 0 Å². The second-order valence-electron chi connectivity index (χ2n) is 5.19. The van der Waals surface area contributed by atoms with Gasteiger partial charge in [0, 0.05) is 22.6 Å². The van der Waals surface area contributed by atoms with Crippen LogP contribution >= 0.6 is 15.9 Å². The van der Waals surface area contributed by atoms with Gasteiger partial charge in [-0.15, -0.1) is 0 Å². The predicted octanol–water partition coefficient (Wildman–Crippen LogP) is 4.38. The molecule has 1 nitrogen and oxygen atoms in total. The smallest absolute Gasteiger partial charge is 0.131 e. The average molecular weight is 312 g/mol. The van der Waals surface area contributed by atoms with E-state index < -0.39 is 0 Å². The van der Waals surface area contributed by atoms with Crippen molar-refractivity contribution in [3.63, 3.8) is 0 Å². The van der Waals surface area contributed by atoms with Gasteiger partial charge in [-0.1, -0.05) is 47.5 Å². The summed E-state index contributed by atoms with van der Waals surface area (Å²) >= 11 is 3.28. The van der Waals surface area contributed by atoms with Crippen LogP contribution in [0.1, 0.15) is 32.3 Å². The van der Waals surface area contributed by atoms with Crippen LogP contribution in [-0.4, -0.2) is 12.6 Å². The molecule has 0 heterocycles. The van der Waals surface area contributed by atoms with Crippen molar-refractivity contribution in [2.45, 2.75) is 32.7 Å². The summed E-state index contributed by atoms with van der Waals surface area (Å²) in [5.41, 5.74) is 1.92. The van der Waals surface area contributed by atoms with Crippen LogP contribution in [0.5, 0.6) is 0 Å². The lowest BCUT2D eigenvalue weighted by Crippen LogP contribution is -2.21. The lowest BCUT2D eigenvalue weighted by molar-refractivity contribution is 0.622. The topological polar surface area (TPSA) is 12.0 Å². The highest BCUT2D eigenvalue weighted by Crippen LogP contribution is 2.22. The van der Waals surface area contributed by atoms with Crippen LogP contribution in [0.15, 0.2) is 28.2 Å². The van der Waals surface area contributed by atoms with E-state index in [1.165, 1.54) is 24.5 Å². The maximum atomic E-state index is 13.8. The molecule has 3 heteroatoms. The van der Waals surface area contributed by atoms with Crippen molar-refractivity contribution < 1.29 is 4.39 Å². The highest BCUT2D eigenvalue weighted by molar-refractivity contribution is 9.10. The zero-order chi connectivity index (χ0) is 13.1. The van der Waals surface area contributed by atoms with E-state index in [1.807, 2.05) is 18.2 Å². The predicted molar refractivity (Wildman–Crippen MR) is 77.9 cm³/mol. The normalized spacial score (nSPS) is 16.4. The van der Waals surface area contributed by atoms with Crippen molar-refractivity contribution in [3.8, 4) is 0 Å². The number of halogens is 2. The van der Waals surface area contributed by atoms with E-state index in [1.54, 1.807) is 0 Å². The molecule has 0 amide bonds. The minimum absolute atomic E-state index is 0.172. The summed E-state index contributed by atoms with van der Waals surface area (Å²) in [5, 5.41) is 3.49. The van der Waals surface area contributed by atoms with E-state index in [9.17, 15) is 4.39 Å². The van der Waals surface area contributed by atoms with Crippen molar-refractivity contribution in [3.05, 3.63) is 39.6 Å². The quantitative estimate of drug-likeness (QED) is 0.851. The fraction of sp³-hybridized carbons (Fsp3) is 0.467. The molecule has 0 spiro atoms. The van der Waals surface area contributed by atoms with Crippen LogP contribution < -0.4 is 5.32 Å². The van der Waals surface area contributed by atoms with Crippen molar-refractivity contribution >= 4 is 22.0 Å². The lowest BCUT2D eigenvalue weighted by Gasteiger charge is -2.13. The molecule has 0 saturated heterocycles. The molecular formula is C15H19BrFN. The summed E-state index contributed by atoms with van der Waals surface area (Å²) in [6.45, 7) is 5.16. The first-order valence-electron chi connectivity index (χ1n) is 6.45. The molecule has 0 bridgehead atoms. The molecule has 1 aliphatic carbocycles. The molecule has 0 unspecified atom stereocenters. The lowest BCUT2D eigenvalue weighted by atomic mass is 10.00. The Labute approximate surface area is 117 Å². The summed E-state index contributed by atoms with van der Waals surface area (Å²) in [7, 11) is 0. The van der Waals surface area contributed by atoms with Crippen LogP contribution in [0.2, 0.25) is 0 Å². The first-order valence-corrected chi connectivity index (χ1v) is 7.24. The molecule has 1 fully saturated rings. The molecule has 0 radical (unpaired) electrons. The first-order chi connectivity index (χ1) is 8.56. The number of hydrogen-bond acceptors (Lipinski definition) is 1. The highest BCUT2D eigenvalue weighted by atomic mass is 79.9. The monoisotopic (exact) mass is 311 g/mol. The maximum Gasteiger partial charge on any atom is 0.131 e. The maximum absolute atomic E-state index is 13.8. The summed E-state index contributed by atoms with van der Waals surface area (Å²) in [5.74, 6) is 0.258. The Hall–Kier alpha value is -0.670. The molecule has 18 heavy (non-hydrogen) atoms. The van der Waals surface area contributed by atoms with E-state index in [-0.39, 0.29) is 5.82 Å². The van der Waals surface area contributed by atoms with Gasteiger partial charge in [0.2, 0.25) is 0 Å². The Kier molecular flexibility index (Phi) is 4.57. The van der Waals surface area contributed by atoms with E-state index in [4.69, 9.17) is 0 Å². The second-order valence-corrected chi connectivity index (χ2v) is 6.11. The first kappa shape index (κ1) is 13.8. The molecular weight excluding hydrogens is 293 g/mol. The summed E-state index contributed by atoms with van der Waals surface area (Å²) in [4.78, 5) is 0. The number of rotatable bonds is 5. The van der Waals surface area contributed by atoms with Gasteiger partial charge >= 0.3 is 0 Å². The average Bonchev–Trinajstić information content (AvgIpc) is 3.10. The Balaban J connectivity index is 2.14. The van der Waals surface area contributed by atoms with Gasteiger partial charge < -0.3 is 5.32 Å².